The number of fused-ring (bicyclic) bond motifs is 1. The van der Waals surface area contributed by atoms with Crippen molar-refractivity contribution in [2.75, 3.05) is 13.7 Å². The normalized spacial score (nSPS) is 34.0. The summed E-state index contributed by atoms with van der Waals surface area (Å²) in [5.41, 5.74) is 1.99. The topological polar surface area (TPSA) is 58.6 Å². The molecule has 0 amide bonds. The Bertz CT molecular complexity index is 612. The maximum Gasteiger partial charge on any atom is 0.161 e. The highest BCUT2D eigenvalue weighted by molar-refractivity contribution is 5.82. The van der Waals surface area contributed by atoms with E-state index in [1.54, 1.807) is 7.11 Å². The molecule has 4 heteroatoms. The molecule has 1 aromatic rings. The number of piperidine rings is 1. The summed E-state index contributed by atoms with van der Waals surface area (Å²) in [6.07, 6.45) is 4.06. The molecular weight excluding hydrogens is 266 g/mol. The first-order chi connectivity index (χ1) is 10.2. The number of carbonyl (C=O) groups excluding carboxylic acids is 1. The third kappa shape index (κ3) is 1.68. The number of rotatable bonds is 1. The second-order valence-electron chi connectivity index (χ2n) is 6.68. The van der Waals surface area contributed by atoms with Gasteiger partial charge in [0.2, 0.25) is 0 Å². The molecule has 1 saturated carbocycles. The summed E-state index contributed by atoms with van der Waals surface area (Å²) in [6, 6.07) is 4.34. The Hall–Kier alpha value is -1.55. The fourth-order valence-electron chi connectivity index (χ4n) is 5.00. The van der Waals surface area contributed by atoms with Crippen LogP contribution in [0, 0.1) is 5.92 Å². The molecule has 4 nitrogen and oxygen atoms in total. The highest BCUT2D eigenvalue weighted by Crippen LogP contribution is 2.56. The molecule has 112 valence electrons. The molecule has 2 fully saturated rings. The van der Waals surface area contributed by atoms with E-state index in [4.69, 9.17) is 4.74 Å². The molecule has 3 aliphatic rings. The van der Waals surface area contributed by atoms with Gasteiger partial charge in [0.15, 0.2) is 11.5 Å². The van der Waals surface area contributed by atoms with E-state index >= 15 is 0 Å². The van der Waals surface area contributed by atoms with Gasteiger partial charge < -0.3 is 15.2 Å². The molecule has 0 radical (unpaired) electrons. The smallest absolute Gasteiger partial charge is 0.161 e. The van der Waals surface area contributed by atoms with Crippen LogP contribution in [0.2, 0.25) is 0 Å². The Kier molecular flexibility index (Phi) is 2.80. The molecule has 0 aromatic heterocycles. The fourth-order valence-corrected chi connectivity index (χ4v) is 5.00. The second kappa shape index (κ2) is 4.47. The van der Waals surface area contributed by atoms with Crippen molar-refractivity contribution in [1.82, 2.24) is 5.32 Å². The minimum absolute atomic E-state index is 0.183. The summed E-state index contributed by atoms with van der Waals surface area (Å²) in [4.78, 5) is 12.2. The van der Waals surface area contributed by atoms with Crippen LogP contribution < -0.4 is 10.1 Å². The number of nitrogens with one attached hydrogen (secondary N) is 1. The Labute approximate surface area is 124 Å². The minimum Gasteiger partial charge on any atom is -0.504 e. The molecule has 2 aliphatic carbocycles. The van der Waals surface area contributed by atoms with Crippen LogP contribution in [0.5, 0.6) is 11.5 Å². The van der Waals surface area contributed by atoms with Crippen LogP contribution >= 0.6 is 0 Å². The van der Waals surface area contributed by atoms with Crippen molar-refractivity contribution >= 4 is 5.78 Å². The molecule has 1 aromatic carbocycles. The van der Waals surface area contributed by atoms with E-state index in [1.807, 2.05) is 6.07 Å². The van der Waals surface area contributed by atoms with E-state index in [1.165, 1.54) is 5.56 Å². The zero-order valence-electron chi connectivity index (χ0n) is 12.3. The maximum absolute atomic E-state index is 12.2. The number of aromatic hydroxyl groups is 1. The standard InChI is InChI=1S/C17H21NO3/c1-21-14-5-2-10-8-13-12-4-3-11(19)9-17(12,6-7-18-13)15(10)16(14)20/h2,5,12-13,18,20H,3-4,6-9H2,1H3/t12?,13?,17-/m0/s1. The van der Waals surface area contributed by atoms with Crippen molar-refractivity contribution in [1.29, 1.82) is 0 Å². The van der Waals surface area contributed by atoms with Gasteiger partial charge in [0, 0.05) is 29.9 Å². The van der Waals surface area contributed by atoms with Crippen LogP contribution in [0.3, 0.4) is 0 Å². The summed E-state index contributed by atoms with van der Waals surface area (Å²) in [7, 11) is 1.58. The lowest BCUT2D eigenvalue weighted by molar-refractivity contribution is -0.125. The number of ether oxygens (including phenoxy) is 1. The molecule has 2 unspecified atom stereocenters. The minimum atomic E-state index is -0.183. The summed E-state index contributed by atoms with van der Waals surface area (Å²) in [5, 5.41) is 14.3. The maximum atomic E-state index is 12.2. The molecular formula is C17H21NO3. The first kappa shape index (κ1) is 13.1. The monoisotopic (exact) mass is 287 g/mol. The van der Waals surface area contributed by atoms with Crippen LogP contribution in [0.1, 0.15) is 36.8 Å². The van der Waals surface area contributed by atoms with Crippen LogP contribution in [0.4, 0.5) is 0 Å². The van der Waals surface area contributed by atoms with Crippen molar-refractivity contribution in [2.45, 2.75) is 43.6 Å². The molecule has 4 rings (SSSR count). The summed E-state index contributed by atoms with van der Waals surface area (Å²) in [6.45, 7) is 0.921. The van der Waals surface area contributed by atoms with E-state index in [-0.39, 0.29) is 11.2 Å². The number of Topliss-reactive ketones (excluding diaryl/α,β-unsaturated/α-hetero) is 1. The van der Waals surface area contributed by atoms with Gasteiger partial charge in [0.1, 0.15) is 5.78 Å². The Morgan fingerprint density at radius 2 is 2.29 bits per heavy atom. The highest BCUT2D eigenvalue weighted by Gasteiger charge is 2.54. The predicted octanol–water partition coefficient (Wildman–Crippen LogP) is 1.93. The number of methoxy groups -OCH3 is 1. The van der Waals surface area contributed by atoms with Gasteiger partial charge in [-0.2, -0.15) is 0 Å². The fraction of sp³-hybridized carbons (Fsp3) is 0.588. The van der Waals surface area contributed by atoms with Gasteiger partial charge in [-0.25, -0.2) is 0 Å². The third-order valence-electron chi connectivity index (χ3n) is 5.80. The van der Waals surface area contributed by atoms with Gasteiger partial charge in [-0.15, -0.1) is 0 Å². The van der Waals surface area contributed by atoms with Crippen molar-refractivity contribution in [3.05, 3.63) is 23.3 Å². The molecule has 0 spiro atoms. The number of carbonyl (C=O) groups is 1. The average Bonchev–Trinajstić information content (AvgIpc) is 2.46. The molecule has 2 N–H and O–H groups in total. The number of ketones is 1. The molecule has 1 saturated heterocycles. The van der Waals surface area contributed by atoms with E-state index in [0.29, 0.717) is 36.3 Å². The number of hydrogen-bond donors (Lipinski definition) is 2. The molecule has 3 atom stereocenters. The number of hydrogen-bond acceptors (Lipinski definition) is 4. The number of phenols is 1. The lowest BCUT2D eigenvalue weighted by atomic mass is 9.52. The second-order valence-corrected chi connectivity index (χ2v) is 6.68. The first-order valence-corrected chi connectivity index (χ1v) is 7.80. The molecule has 1 heterocycles. The summed E-state index contributed by atoms with van der Waals surface area (Å²) in [5.74, 6) is 1.57. The summed E-state index contributed by atoms with van der Waals surface area (Å²) < 4.78 is 5.30. The lowest BCUT2D eigenvalue weighted by Gasteiger charge is -2.55. The first-order valence-electron chi connectivity index (χ1n) is 7.80. The van der Waals surface area contributed by atoms with Gasteiger partial charge in [-0.1, -0.05) is 6.07 Å². The lowest BCUT2D eigenvalue weighted by Crippen LogP contribution is -2.60. The third-order valence-corrected chi connectivity index (χ3v) is 5.80. The van der Waals surface area contributed by atoms with E-state index in [2.05, 4.69) is 11.4 Å². The molecule has 21 heavy (non-hydrogen) atoms. The number of benzene rings is 1. The van der Waals surface area contributed by atoms with Gasteiger partial charge in [-0.05, 0) is 43.4 Å². The van der Waals surface area contributed by atoms with E-state index < -0.39 is 0 Å². The quantitative estimate of drug-likeness (QED) is 0.828. The Morgan fingerprint density at radius 3 is 3.10 bits per heavy atom. The molecule has 1 aliphatic heterocycles. The van der Waals surface area contributed by atoms with Crippen LogP contribution in [-0.4, -0.2) is 30.6 Å². The van der Waals surface area contributed by atoms with Crippen LogP contribution in [0.15, 0.2) is 12.1 Å². The molecule has 2 bridgehead atoms. The van der Waals surface area contributed by atoms with Gasteiger partial charge in [0.25, 0.3) is 0 Å². The van der Waals surface area contributed by atoms with E-state index in [0.717, 1.165) is 31.4 Å². The largest absolute Gasteiger partial charge is 0.504 e. The average molecular weight is 287 g/mol. The van der Waals surface area contributed by atoms with Crippen molar-refractivity contribution in [2.24, 2.45) is 5.92 Å². The predicted molar refractivity (Wildman–Crippen MR) is 78.8 cm³/mol. The summed E-state index contributed by atoms with van der Waals surface area (Å²) >= 11 is 0. The van der Waals surface area contributed by atoms with Crippen molar-refractivity contribution in [3.8, 4) is 11.5 Å². The van der Waals surface area contributed by atoms with E-state index in [9.17, 15) is 9.90 Å². The highest BCUT2D eigenvalue weighted by atomic mass is 16.5. The van der Waals surface area contributed by atoms with Crippen LogP contribution in [-0.2, 0) is 16.6 Å². The van der Waals surface area contributed by atoms with Crippen LogP contribution in [0.25, 0.3) is 0 Å². The van der Waals surface area contributed by atoms with Crippen molar-refractivity contribution < 1.29 is 14.6 Å². The van der Waals surface area contributed by atoms with Crippen molar-refractivity contribution in [3.63, 3.8) is 0 Å². The van der Waals surface area contributed by atoms with Gasteiger partial charge in [0.05, 0.1) is 7.11 Å². The van der Waals surface area contributed by atoms with Gasteiger partial charge >= 0.3 is 0 Å². The van der Waals surface area contributed by atoms with Gasteiger partial charge in [-0.3, -0.25) is 4.79 Å². The Balaban J connectivity index is 1.95. The zero-order valence-corrected chi connectivity index (χ0v) is 12.3. The zero-order chi connectivity index (χ0) is 14.6. The number of phenolic OH excluding ortho intramolecular Hbond substituents is 1. The SMILES string of the molecule is COc1ccc2c(c1O)[C@]13CCNC(C2)C1CCC(=O)C3. The Morgan fingerprint density at radius 1 is 1.43 bits per heavy atom.